The van der Waals surface area contributed by atoms with Crippen LogP contribution in [0.5, 0.6) is 0 Å². The summed E-state index contributed by atoms with van der Waals surface area (Å²) in [4.78, 5) is 37.7. The number of anilines is 2. The molecule has 1 atom stereocenters. The van der Waals surface area contributed by atoms with Crippen molar-refractivity contribution in [3.63, 3.8) is 0 Å². The summed E-state index contributed by atoms with van der Waals surface area (Å²) >= 11 is 1.30. The summed E-state index contributed by atoms with van der Waals surface area (Å²) in [7, 11) is 0. The van der Waals surface area contributed by atoms with E-state index in [1.54, 1.807) is 24.3 Å². The van der Waals surface area contributed by atoms with Crippen LogP contribution in [-0.4, -0.2) is 28.7 Å². The summed E-state index contributed by atoms with van der Waals surface area (Å²) in [6, 6.07) is 14.3. The highest BCUT2D eigenvalue weighted by Gasteiger charge is 2.39. The molecule has 7 heteroatoms. The van der Waals surface area contributed by atoms with Gasteiger partial charge in [0.2, 0.25) is 17.7 Å². The lowest BCUT2D eigenvalue weighted by Crippen LogP contribution is -2.31. The van der Waals surface area contributed by atoms with E-state index in [-0.39, 0.29) is 36.4 Å². The monoisotopic (exact) mass is 372 g/mol. The van der Waals surface area contributed by atoms with Crippen LogP contribution in [0.4, 0.5) is 15.8 Å². The minimum absolute atomic E-state index is 0.137. The second-order valence-corrected chi connectivity index (χ2v) is 7.08. The Labute approximate surface area is 154 Å². The number of nitrogens with zero attached hydrogens (tertiary/aromatic N) is 1. The molecule has 1 aliphatic rings. The minimum Gasteiger partial charge on any atom is -0.326 e. The molecule has 0 saturated carbocycles. The van der Waals surface area contributed by atoms with Crippen LogP contribution in [-0.2, 0) is 14.4 Å². The Bertz CT molecular complexity index is 811. The molecule has 3 amide bonds. The number of thioether (sulfide) groups is 1. The average Bonchev–Trinajstić information content (AvgIpc) is 2.91. The van der Waals surface area contributed by atoms with E-state index in [4.69, 9.17) is 0 Å². The van der Waals surface area contributed by atoms with E-state index in [0.717, 1.165) is 0 Å². The summed E-state index contributed by atoms with van der Waals surface area (Å²) in [5, 5.41) is 2.20. The summed E-state index contributed by atoms with van der Waals surface area (Å²) in [6.45, 7) is 0. The second kappa shape index (κ2) is 8.14. The van der Waals surface area contributed by atoms with Crippen LogP contribution in [0.3, 0.4) is 0 Å². The zero-order chi connectivity index (χ0) is 18.5. The van der Waals surface area contributed by atoms with Gasteiger partial charge in [0.25, 0.3) is 0 Å². The molecule has 2 aromatic rings. The predicted molar refractivity (Wildman–Crippen MR) is 99.4 cm³/mol. The lowest BCUT2D eigenvalue weighted by atomic mass is 10.3. The Hall–Kier alpha value is -2.67. The number of hydrogen-bond acceptors (Lipinski definition) is 4. The fourth-order valence-corrected chi connectivity index (χ4v) is 3.73. The van der Waals surface area contributed by atoms with E-state index in [1.807, 2.05) is 6.07 Å². The fourth-order valence-electron chi connectivity index (χ4n) is 2.63. The van der Waals surface area contributed by atoms with Crippen LogP contribution in [0.1, 0.15) is 12.8 Å². The molecule has 0 radical (unpaired) electrons. The fraction of sp³-hybridized carbons (Fsp3) is 0.211. The highest BCUT2D eigenvalue weighted by atomic mass is 32.2. The molecule has 1 N–H and O–H groups in total. The molecule has 3 rings (SSSR count). The van der Waals surface area contributed by atoms with Crippen molar-refractivity contribution in [2.45, 2.75) is 18.1 Å². The number of amides is 3. The Morgan fingerprint density at radius 2 is 1.81 bits per heavy atom. The Morgan fingerprint density at radius 1 is 1.12 bits per heavy atom. The van der Waals surface area contributed by atoms with Crippen molar-refractivity contribution in [3.8, 4) is 0 Å². The number of halogens is 1. The second-order valence-electron chi connectivity index (χ2n) is 5.77. The lowest BCUT2D eigenvalue weighted by Gasteiger charge is -2.14. The number of carbonyl (C=O) groups is 3. The molecule has 0 spiro atoms. The first kappa shape index (κ1) is 18.1. The smallest absolute Gasteiger partial charge is 0.247 e. The van der Waals surface area contributed by atoms with Gasteiger partial charge >= 0.3 is 0 Å². The predicted octanol–water partition coefficient (Wildman–Crippen LogP) is 3.22. The van der Waals surface area contributed by atoms with Crippen molar-refractivity contribution in [1.29, 1.82) is 0 Å². The Balaban J connectivity index is 1.49. The van der Waals surface area contributed by atoms with E-state index in [9.17, 15) is 18.8 Å². The topological polar surface area (TPSA) is 66.5 Å². The van der Waals surface area contributed by atoms with Crippen molar-refractivity contribution in [3.05, 3.63) is 60.4 Å². The van der Waals surface area contributed by atoms with Crippen molar-refractivity contribution in [2.24, 2.45) is 0 Å². The number of imide groups is 1. The van der Waals surface area contributed by atoms with E-state index in [1.165, 1.54) is 40.9 Å². The van der Waals surface area contributed by atoms with Crippen LogP contribution in [0, 0.1) is 5.82 Å². The van der Waals surface area contributed by atoms with Gasteiger partial charge in [-0.1, -0.05) is 18.2 Å². The number of carbonyl (C=O) groups excluding carboxylic acids is 3. The molecule has 1 unspecified atom stereocenters. The van der Waals surface area contributed by atoms with E-state index >= 15 is 0 Å². The Kier molecular flexibility index (Phi) is 5.68. The normalized spacial score (nSPS) is 16.8. The molecule has 0 aromatic heterocycles. The van der Waals surface area contributed by atoms with Crippen LogP contribution >= 0.6 is 11.8 Å². The summed E-state index contributed by atoms with van der Waals surface area (Å²) in [5.41, 5.74) is 1.09. The maximum absolute atomic E-state index is 12.8. The van der Waals surface area contributed by atoms with Gasteiger partial charge in [0.05, 0.1) is 10.9 Å². The van der Waals surface area contributed by atoms with Gasteiger partial charge in [-0.15, -0.1) is 11.8 Å². The SMILES string of the molecule is O=C(CCSC1CC(=O)N(c2ccccc2)C1=O)Nc1ccc(F)cc1. The van der Waals surface area contributed by atoms with Gasteiger partial charge in [0.15, 0.2) is 0 Å². The maximum atomic E-state index is 12.8. The lowest BCUT2D eigenvalue weighted by molar-refractivity contribution is -0.121. The summed E-state index contributed by atoms with van der Waals surface area (Å²) < 4.78 is 12.8. The van der Waals surface area contributed by atoms with Crippen molar-refractivity contribution >= 4 is 40.9 Å². The first-order valence-electron chi connectivity index (χ1n) is 8.13. The van der Waals surface area contributed by atoms with Crippen LogP contribution < -0.4 is 10.2 Å². The Morgan fingerprint density at radius 3 is 2.50 bits per heavy atom. The number of benzene rings is 2. The maximum Gasteiger partial charge on any atom is 0.247 e. The summed E-state index contributed by atoms with van der Waals surface area (Å²) in [6.07, 6.45) is 0.337. The van der Waals surface area contributed by atoms with Gasteiger partial charge < -0.3 is 5.32 Å². The van der Waals surface area contributed by atoms with Gasteiger partial charge in [0.1, 0.15) is 5.82 Å². The highest BCUT2D eigenvalue weighted by molar-refractivity contribution is 8.00. The van der Waals surface area contributed by atoms with Gasteiger partial charge in [-0.3, -0.25) is 14.4 Å². The summed E-state index contributed by atoms with van der Waals surface area (Å²) in [5.74, 6) is -0.648. The molecular formula is C19H17FN2O3S. The number of para-hydroxylation sites is 1. The van der Waals surface area contributed by atoms with E-state index in [2.05, 4.69) is 5.32 Å². The molecule has 1 aliphatic heterocycles. The van der Waals surface area contributed by atoms with Crippen molar-refractivity contribution < 1.29 is 18.8 Å². The first-order chi connectivity index (χ1) is 12.5. The van der Waals surface area contributed by atoms with Crippen LogP contribution in [0.2, 0.25) is 0 Å². The molecule has 0 aliphatic carbocycles. The third-order valence-electron chi connectivity index (χ3n) is 3.90. The molecule has 1 fully saturated rings. The largest absolute Gasteiger partial charge is 0.326 e. The van der Waals surface area contributed by atoms with Crippen molar-refractivity contribution in [1.82, 2.24) is 0 Å². The van der Waals surface area contributed by atoms with Gasteiger partial charge in [0, 0.05) is 24.3 Å². The van der Waals surface area contributed by atoms with Crippen molar-refractivity contribution in [2.75, 3.05) is 16.0 Å². The van der Waals surface area contributed by atoms with E-state index in [0.29, 0.717) is 17.1 Å². The minimum atomic E-state index is -0.471. The molecule has 1 heterocycles. The number of hydrogen-bond donors (Lipinski definition) is 1. The third-order valence-corrected chi connectivity index (χ3v) is 5.11. The van der Waals surface area contributed by atoms with E-state index < -0.39 is 5.25 Å². The zero-order valence-corrected chi connectivity index (χ0v) is 14.7. The number of rotatable bonds is 6. The quantitative estimate of drug-likeness (QED) is 0.791. The van der Waals surface area contributed by atoms with Gasteiger partial charge in [-0.05, 0) is 36.4 Å². The molecular weight excluding hydrogens is 355 g/mol. The van der Waals surface area contributed by atoms with Crippen LogP contribution in [0.15, 0.2) is 54.6 Å². The molecule has 5 nitrogen and oxygen atoms in total. The highest BCUT2D eigenvalue weighted by Crippen LogP contribution is 2.29. The third kappa shape index (κ3) is 4.29. The molecule has 26 heavy (non-hydrogen) atoms. The average molecular weight is 372 g/mol. The van der Waals surface area contributed by atoms with Gasteiger partial charge in [-0.2, -0.15) is 0 Å². The molecule has 0 bridgehead atoms. The number of nitrogens with one attached hydrogen (secondary N) is 1. The van der Waals surface area contributed by atoms with Crippen LogP contribution in [0.25, 0.3) is 0 Å². The standard InChI is InChI=1S/C19H17FN2O3S/c20-13-6-8-14(9-7-13)21-17(23)10-11-26-16-12-18(24)22(19(16)25)15-4-2-1-3-5-15/h1-9,16H,10-12H2,(H,21,23). The molecule has 2 aromatic carbocycles. The first-order valence-corrected chi connectivity index (χ1v) is 9.18. The van der Waals surface area contributed by atoms with Gasteiger partial charge in [-0.25, -0.2) is 9.29 Å². The molecule has 1 saturated heterocycles. The zero-order valence-electron chi connectivity index (χ0n) is 13.9. The molecule has 134 valence electrons.